The summed E-state index contributed by atoms with van der Waals surface area (Å²) in [6.07, 6.45) is -0.200. The fraction of sp³-hybridized carbons (Fsp3) is 0.364. The van der Waals surface area contributed by atoms with E-state index in [0.717, 1.165) is 6.07 Å². The zero-order chi connectivity index (χ0) is 11.7. The maximum Gasteiger partial charge on any atom is 0.407 e. The molecule has 0 saturated carbocycles. The first-order valence-electron chi connectivity index (χ1n) is 4.98. The van der Waals surface area contributed by atoms with E-state index in [2.05, 4.69) is 5.32 Å². The Labute approximate surface area is 91.4 Å². The van der Waals surface area contributed by atoms with Gasteiger partial charge in [0.2, 0.25) is 0 Å². The van der Waals surface area contributed by atoms with Gasteiger partial charge in [-0.1, -0.05) is 0 Å². The van der Waals surface area contributed by atoms with Crippen LogP contribution in [0.5, 0.6) is 0 Å². The third-order valence-electron chi connectivity index (χ3n) is 2.65. The van der Waals surface area contributed by atoms with E-state index < -0.39 is 23.8 Å². The summed E-state index contributed by atoms with van der Waals surface area (Å²) in [5.74, 6) is -1.22. The summed E-state index contributed by atoms with van der Waals surface area (Å²) < 4.78 is 31.4. The molecule has 1 aliphatic carbocycles. The van der Waals surface area contributed by atoms with Crippen LogP contribution in [0.4, 0.5) is 13.6 Å². The standard InChI is InChI=1S/C11H11F2NO2/c1-14-11(15)16-10-3-2-7-8(10)4-6(12)5-9(7)13/h4-5,10H,2-3H2,1H3,(H,14,15). The lowest BCUT2D eigenvalue weighted by Gasteiger charge is -2.12. The van der Waals surface area contributed by atoms with Crippen molar-refractivity contribution in [1.82, 2.24) is 5.32 Å². The number of nitrogens with one attached hydrogen (secondary N) is 1. The summed E-state index contributed by atoms with van der Waals surface area (Å²) in [4.78, 5) is 11.0. The average molecular weight is 227 g/mol. The lowest BCUT2D eigenvalue weighted by atomic mass is 10.1. The van der Waals surface area contributed by atoms with Crippen molar-refractivity contribution in [2.24, 2.45) is 0 Å². The van der Waals surface area contributed by atoms with Crippen molar-refractivity contribution in [1.29, 1.82) is 0 Å². The van der Waals surface area contributed by atoms with E-state index in [0.29, 0.717) is 24.0 Å². The number of ether oxygens (including phenoxy) is 1. The lowest BCUT2D eigenvalue weighted by molar-refractivity contribution is 0.1000. The first-order valence-corrected chi connectivity index (χ1v) is 4.98. The molecule has 1 unspecified atom stereocenters. The van der Waals surface area contributed by atoms with E-state index in [9.17, 15) is 13.6 Å². The molecule has 2 rings (SSSR count). The van der Waals surface area contributed by atoms with Crippen molar-refractivity contribution in [3.8, 4) is 0 Å². The van der Waals surface area contributed by atoms with Gasteiger partial charge in [0, 0.05) is 18.7 Å². The molecule has 1 aromatic carbocycles. The Morgan fingerprint density at radius 2 is 2.25 bits per heavy atom. The molecule has 1 amide bonds. The molecule has 0 spiro atoms. The van der Waals surface area contributed by atoms with Crippen molar-refractivity contribution in [3.63, 3.8) is 0 Å². The van der Waals surface area contributed by atoms with Gasteiger partial charge in [0.15, 0.2) is 0 Å². The smallest absolute Gasteiger partial charge is 0.407 e. The van der Waals surface area contributed by atoms with Crippen molar-refractivity contribution < 1.29 is 18.3 Å². The van der Waals surface area contributed by atoms with Crippen LogP contribution in [0.1, 0.15) is 23.7 Å². The Morgan fingerprint density at radius 3 is 2.94 bits per heavy atom. The number of fused-ring (bicyclic) bond motifs is 1. The first-order chi connectivity index (χ1) is 7.61. The zero-order valence-electron chi connectivity index (χ0n) is 8.72. The molecule has 0 saturated heterocycles. The number of halogens is 2. The molecule has 3 nitrogen and oxygen atoms in total. The number of hydrogen-bond donors (Lipinski definition) is 1. The Bertz CT molecular complexity index is 434. The number of amides is 1. The van der Waals surface area contributed by atoms with Crippen molar-refractivity contribution in [2.75, 3.05) is 7.05 Å². The van der Waals surface area contributed by atoms with Crippen LogP contribution in [0.3, 0.4) is 0 Å². The fourth-order valence-electron chi connectivity index (χ4n) is 1.92. The number of hydrogen-bond acceptors (Lipinski definition) is 2. The third-order valence-corrected chi connectivity index (χ3v) is 2.65. The maximum absolute atomic E-state index is 13.3. The van der Waals surface area contributed by atoms with Crippen LogP contribution in [0.25, 0.3) is 0 Å². The molecule has 1 N–H and O–H groups in total. The van der Waals surface area contributed by atoms with Crippen LogP contribution in [0.2, 0.25) is 0 Å². The summed E-state index contributed by atoms with van der Waals surface area (Å²) in [6.45, 7) is 0. The molecule has 1 aliphatic rings. The van der Waals surface area contributed by atoms with Crippen LogP contribution in [-0.2, 0) is 11.2 Å². The SMILES string of the molecule is CNC(=O)OC1CCc2c(F)cc(F)cc21. The quantitative estimate of drug-likeness (QED) is 0.799. The number of benzene rings is 1. The second-order valence-corrected chi connectivity index (χ2v) is 3.64. The maximum atomic E-state index is 13.3. The lowest BCUT2D eigenvalue weighted by Crippen LogP contribution is -2.21. The Kier molecular flexibility index (Phi) is 2.77. The molecule has 1 aromatic rings. The normalized spacial score (nSPS) is 18.1. The average Bonchev–Trinajstić information content (AvgIpc) is 2.61. The van der Waals surface area contributed by atoms with E-state index in [1.165, 1.54) is 13.1 Å². The molecular formula is C11H11F2NO2. The second-order valence-electron chi connectivity index (χ2n) is 3.64. The van der Waals surface area contributed by atoms with E-state index in [1.54, 1.807) is 0 Å². The third kappa shape index (κ3) is 1.85. The van der Waals surface area contributed by atoms with Gasteiger partial charge >= 0.3 is 6.09 Å². The first kappa shape index (κ1) is 10.9. The van der Waals surface area contributed by atoms with E-state index in [-0.39, 0.29) is 0 Å². The summed E-state index contributed by atoms with van der Waals surface area (Å²) >= 11 is 0. The highest BCUT2D eigenvalue weighted by atomic mass is 19.1. The highest BCUT2D eigenvalue weighted by molar-refractivity contribution is 5.67. The van der Waals surface area contributed by atoms with Crippen LogP contribution < -0.4 is 5.32 Å². The van der Waals surface area contributed by atoms with Crippen molar-refractivity contribution in [3.05, 3.63) is 34.9 Å². The molecule has 0 heterocycles. The van der Waals surface area contributed by atoms with Crippen molar-refractivity contribution >= 4 is 6.09 Å². The minimum atomic E-state index is -0.649. The van der Waals surface area contributed by atoms with Gasteiger partial charge in [-0.05, 0) is 24.5 Å². The molecule has 0 aromatic heterocycles. The Hall–Kier alpha value is -1.65. The van der Waals surface area contributed by atoms with Crippen molar-refractivity contribution in [2.45, 2.75) is 18.9 Å². The molecule has 16 heavy (non-hydrogen) atoms. The predicted molar refractivity (Wildman–Crippen MR) is 53.0 cm³/mol. The van der Waals surface area contributed by atoms with Gasteiger partial charge in [-0.2, -0.15) is 0 Å². The Balaban J connectivity index is 2.28. The highest BCUT2D eigenvalue weighted by Gasteiger charge is 2.28. The van der Waals surface area contributed by atoms with Crippen LogP contribution in [0, 0.1) is 11.6 Å². The second kappa shape index (κ2) is 4.08. The monoisotopic (exact) mass is 227 g/mol. The minimum Gasteiger partial charge on any atom is -0.441 e. The van der Waals surface area contributed by atoms with Gasteiger partial charge in [-0.15, -0.1) is 0 Å². The number of rotatable bonds is 1. The summed E-state index contributed by atoms with van der Waals surface area (Å²) in [6, 6.07) is 2.07. The van der Waals surface area contributed by atoms with Gasteiger partial charge in [-0.3, -0.25) is 0 Å². The van der Waals surface area contributed by atoms with Gasteiger partial charge in [0.25, 0.3) is 0 Å². The van der Waals surface area contributed by atoms with E-state index in [1.807, 2.05) is 0 Å². The summed E-state index contributed by atoms with van der Waals surface area (Å²) in [7, 11) is 1.43. The molecule has 0 aliphatic heterocycles. The Morgan fingerprint density at radius 1 is 1.50 bits per heavy atom. The van der Waals surface area contributed by atoms with Gasteiger partial charge in [0.05, 0.1) is 0 Å². The molecule has 0 fully saturated rings. The van der Waals surface area contributed by atoms with Crippen LogP contribution in [-0.4, -0.2) is 13.1 Å². The molecule has 0 radical (unpaired) electrons. The predicted octanol–water partition coefficient (Wildman–Crippen LogP) is 2.31. The number of carbonyl (C=O) groups excluding carboxylic acids is 1. The van der Waals surface area contributed by atoms with Crippen LogP contribution in [0.15, 0.2) is 12.1 Å². The van der Waals surface area contributed by atoms with E-state index >= 15 is 0 Å². The topological polar surface area (TPSA) is 38.3 Å². The number of alkyl carbamates (subject to hydrolysis) is 1. The van der Waals surface area contributed by atoms with Gasteiger partial charge in [-0.25, -0.2) is 13.6 Å². The van der Waals surface area contributed by atoms with E-state index in [4.69, 9.17) is 4.74 Å². The summed E-state index contributed by atoms with van der Waals surface area (Å²) in [5, 5.41) is 2.30. The number of carbonyl (C=O) groups is 1. The molecule has 5 heteroatoms. The highest BCUT2D eigenvalue weighted by Crippen LogP contribution is 2.35. The van der Waals surface area contributed by atoms with Gasteiger partial charge < -0.3 is 10.1 Å². The van der Waals surface area contributed by atoms with Crippen LogP contribution >= 0.6 is 0 Å². The van der Waals surface area contributed by atoms with Gasteiger partial charge in [0.1, 0.15) is 17.7 Å². The molecular weight excluding hydrogens is 216 g/mol. The summed E-state index contributed by atoms with van der Waals surface area (Å²) in [5.41, 5.74) is 0.872. The fourth-order valence-corrected chi connectivity index (χ4v) is 1.92. The molecule has 1 atom stereocenters. The molecule has 86 valence electrons. The minimum absolute atomic E-state index is 0.432. The molecule has 0 bridgehead atoms. The zero-order valence-corrected chi connectivity index (χ0v) is 8.72. The largest absolute Gasteiger partial charge is 0.441 e.